The molecule has 9 rings (SSSR count). The van der Waals surface area contributed by atoms with Gasteiger partial charge >= 0.3 is 6.18 Å². The van der Waals surface area contributed by atoms with Crippen molar-refractivity contribution >= 4 is 0 Å². The van der Waals surface area contributed by atoms with E-state index in [0.717, 1.165) is 67.8 Å². The molecule has 1 heterocycles. The molecule has 3 nitrogen and oxygen atoms in total. The van der Waals surface area contributed by atoms with Crippen LogP contribution in [0.4, 0.5) is 13.2 Å². The lowest BCUT2D eigenvalue weighted by Gasteiger charge is -2.34. The first-order chi connectivity index (χ1) is 25.9. The summed E-state index contributed by atoms with van der Waals surface area (Å²) in [7, 11) is 0. The molecule has 8 aromatic rings. The largest absolute Gasteiger partial charge is 0.416 e. The maximum atomic E-state index is 13.7. The molecule has 0 bridgehead atoms. The highest BCUT2D eigenvalue weighted by molar-refractivity contribution is 5.97. The third kappa shape index (κ3) is 5.51. The van der Waals surface area contributed by atoms with Crippen LogP contribution >= 0.6 is 0 Å². The molecule has 0 saturated heterocycles. The van der Waals surface area contributed by atoms with Gasteiger partial charge in [0.15, 0.2) is 17.5 Å². The summed E-state index contributed by atoms with van der Waals surface area (Å²) in [4.78, 5) is 15.3. The fraction of sp³-hybridized carbons (Fsp3) is 0.0426. The second kappa shape index (κ2) is 12.8. The third-order valence-corrected chi connectivity index (χ3v) is 10.0. The second-order valence-electron chi connectivity index (χ2n) is 13.1. The lowest BCUT2D eigenvalue weighted by atomic mass is 9.67. The van der Waals surface area contributed by atoms with Gasteiger partial charge in [0, 0.05) is 16.7 Å². The van der Waals surface area contributed by atoms with E-state index in [0.29, 0.717) is 23.0 Å². The van der Waals surface area contributed by atoms with Crippen molar-refractivity contribution < 1.29 is 13.2 Å². The number of alkyl halides is 3. The summed E-state index contributed by atoms with van der Waals surface area (Å²) >= 11 is 0. The SMILES string of the molecule is FC(F)(F)c1ccc(-c2cc(-c3nc(-c4ccccc4)nc(-c4ccccc4)n3)c3c(c2)C(c2ccccc2)(c2ccccc2)c2ccccc2-3)cc1. The Morgan fingerprint density at radius 1 is 0.377 bits per heavy atom. The standard InChI is InChI=1S/C47H30F3N3/c48-47(49,50)37-27-25-31(26-28-37)34-29-39(45-52-43(32-15-5-1-6-16-32)51-44(53-45)33-17-7-2-8-18-33)42-38-23-13-14-24-40(38)46(41(42)30-34,35-19-9-3-10-20-35)36-21-11-4-12-22-36/h1-30H. The molecule has 1 aliphatic rings. The van der Waals surface area contributed by atoms with E-state index in [9.17, 15) is 13.2 Å². The molecule has 0 unspecified atom stereocenters. The summed E-state index contributed by atoms with van der Waals surface area (Å²) in [6.45, 7) is 0. The summed E-state index contributed by atoms with van der Waals surface area (Å²) in [5.41, 5.74) is 8.60. The first-order valence-electron chi connectivity index (χ1n) is 17.4. The molecule has 7 aromatic carbocycles. The lowest BCUT2D eigenvalue weighted by molar-refractivity contribution is -0.137. The van der Waals surface area contributed by atoms with E-state index < -0.39 is 17.2 Å². The minimum atomic E-state index is -4.45. The van der Waals surface area contributed by atoms with E-state index in [4.69, 9.17) is 15.0 Å². The van der Waals surface area contributed by atoms with Crippen LogP contribution in [0, 0.1) is 0 Å². The quantitative estimate of drug-likeness (QED) is 0.174. The van der Waals surface area contributed by atoms with Crippen molar-refractivity contribution in [2.24, 2.45) is 0 Å². The maximum absolute atomic E-state index is 13.7. The Morgan fingerprint density at radius 2 is 0.849 bits per heavy atom. The summed E-state index contributed by atoms with van der Waals surface area (Å²) in [5.74, 6) is 1.51. The Labute approximate surface area is 305 Å². The van der Waals surface area contributed by atoms with Gasteiger partial charge in [0.2, 0.25) is 0 Å². The van der Waals surface area contributed by atoms with Crippen molar-refractivity contribution in [3.8, 4) is 56.4 Å². The average Bonchev–Trinajstić information content (AvgIpc) is 3.52. The second-order valence-corrected chi connectivity index (χ2v) is 13.1. The number of hydrogen-bond acceptors (Lipinski definition) is 3. The molecule has 0 atom stereocenters. The average molecular weight is 694 g/mol. The molecular weight excluding hydrogens is 664 g/mol. The van der Waals surface area contributed by atoms with Gasteiger partial charge in [-0.15, -0.1) is 0 Å². The van der Waals surface area contributed by atoms with Crippen LogP contribution in [0.5, 0.6) is 0 Å². The number of fused-ring (bicyclic) bond motifs is 3. The molecule has 1 aromatic heterocycles. The fourth-order valence-corrected chi connectivity index (χ4v) is 7.69. The number of benzene rings is 7. The van der Waals surface area contributed by atoms with Gasteiger partial charge in [-0.2, -0.15) is 13.2 Å². The minimum Gasteiger partial charge on any atom is -0.208 e. The molecule has 6 heteroatoms. The van der Waals surface area contributed by atoms with Gasteiger partial charge < -0.3 is 0 Å². The van der Waals surface area contributed by atoms with Crippen LogP contribution in [-0.2, 0) is 11.6 Å². The molecule has 254 valence electrons. The van der Waals surface area contributed by atoms with Gasteiger partial charge in [-0.25, -0.2) is 15.0 Å². The van der Waals surface area contributed by atoms with Crippen molar-refractivity contribution in [2.45, 2.75) is 11.6 Å². The molecule has 0 radical (unpaired) electrons. The number of nitrogens with zero attached hydrogens (tertiary/aromatic N) is 3. The maximum Gasteiger partial charge on any atom is 0.416 e. The first kappa shape index (κ1) is 32.3. The minimum absolute atomic E-state index is 0.467. The molecule has 0 fully saturated rings. The Balaban J connectivity index is 1.41. The van der Waals surface area contributed by atoms with Crippen LogP contribution in [-0.4, -0.2) is 15.0 Å². The fourth-order valence-electron chi connectivity index (χ4n) is 7.69. The van der Waals surface area contributed by atoms with Crippen LogP contribution in [0.1, 0.15) is 27.8 Å². The summed E-state index contributed by atoms with van der Waals surface area (Å²) in [6.07, 6.45) is -4.45. The molecule has 0 aliphatic heterocycles. The van der Waals surface area contributed by atoms with E-state index in [1.165, 1.54) is 0 Å². The zero-order valence-electron chi connectivity index (χ0n) is 28.3. The van der Waals surface area contributed by atoms with Gasteiger partial charge in [-0.1, -0.05) is 158 Å². The van der Waals surface area contributed by atoms with Crippen molar-refractivity contribution in [3.05, 3.63) is 210 Å². The van der Waals surface area contributed by atoms with E-state index in [1.807, 2.05) is 109 Å². The highest BCUT2D eigenvalue weighted by Gasteiger charge is 2.47. The van der Waals surface area contributed by atoms with Crippen molar-refractivity contribution in [1.82, 2.24) is 15.0 Å². The smallest absolute Gasteiger partial charge is 0.208 e. The van der Waals surface area contributed by atoms with Crippen molar-refractivity contribution in [1.29, 1.82) is 0 Å². The monoisotopic (exact) mass is 693 g/mol. The number of aromatic nitrogens is 3. The topological polar surface area (TPSA) is 38.7 Å². The predicted octanol–water partition coefficient (Wildman–Crippen LogP) is 11.9. The van der Waals surface area contributed by atoms with Crippen LogP contribution in [0.25, 0.3) is 56.4 Å². The lowest BCUT2D eigenvalue weighted by Crippen LogP contribution is -2.28. The molecule has 0 spiro atoms. The molecule has 0 N–H and O–H groups in total. The van der Waals surface area contributed by atoms with E-state index in [-0.39, 0.29) is 0 Å². The normalized spacial score (nSPS) is 13.0. The Morgan fingerprint density at radius 3 is 1.38 bits per heavy atom. The van der Waals surface area contributed by atoms with Crippen LogP contribution in [0.2, 0.25) is 0 Å². The highest BCUT2D eigenvalue weighted by atomic mass is 19.4. The molecular formula is C47H30F3N3. The van der Waals surface area contributed by atoms with Gasteiger partial charge in [0.25, 0.3) is 0 Å². The first-order valence-corrected chi connectivity index (χ1v) is 17.4. The van der Waals surface area contributed by atoms with Gasteiger partial charge in [-0.3, -0.25) is 0 Å². The number of halogens is 3. The highest BCUT2D eigenvalue weighted by Crippen LogP contribution is 2.59. The number of rotatable bonds is 6. The van der Waals surface area contributed by atoms with Crippen molar-refractivity contribution in [3.63, 3.8) is 0 Å². The van der Waals surface area contributed by atoms with E-state index in [2.05, 4.69) is 48.5 Å². The predicted molar refractivity (Wildman–Crippen MR) is 204 cm³/mol. The molecule has 1 aliphatic carbocycles. The Hall–Kier alpha value is -6.66. The van der Waals surface area contributed by atoms with E-state index >= 15 is 0 Å². The van der Waals surface area contributed by atoms with Gasteiger partial charge in [0.05, 0.1) is 11.0 Å². The Kier molecular flexibility index (Phi) is 7.81. The zero-order chi connectivity index (χ0) is 36.0. The van der Waals surface area contributed by atoms with Crippen LogP contribution in [0.3, 0.4) is 0 Å². The Bertz CT molecular complexity index is 2470. The van der Waals surface area contributed by atoms with Gasteiger partial charge in [-0.05, 0) is 68.8 Å². The number of hydrogen-bond donors (Lipinski definition) is 0. The van der Waals surface area contributed by atoms with Gasteiger partial charge in [0.1, 0.15) is 0 Å². The van der Waals surface area contributed by atoms with E-state index in [1.54, 1.807) is 12.1 Å². The summed E-state index contributed by atoms with van der Waals surface area (Å²) in [6, 6.07) is 58.3. The van der Waals surface area contributed by atoms with Crippen molar-refractivity contribution in [2.75, 3.05) is 0 Å². The zero-order valence-corrected chi connectivity index (χ0v) is 28.3. The summed E-state index contributed by atoms with van der Waals surface area (Å²) in [5, 5.41) is 0. The molecule has 0 saturated carbocycles. The summed E-state index contributed by atoms with van der Waals surface area (Å²) < 4.78 is 41.2. The van der Waals surface area contributed by atoms with Crippen LogP contribution in [0.15, 0.2) is 182 Å². The third-order valence-electron chi connectivity index (χ3n) is 10.0. The molecule has 0 amide bonds. The molecule has 53 heavy (non-hydrogen) atoms. The van der Waals surface area contributed by atoms with Crippen LogP contribution < -0.4 is 0 Å².